The second kappa shape index (κ2) is 9.47. The zero-order valence-electron chi connectivity index (χ0n) is 15.2. The quantitative estimate of drug-likeness (QED) is 0.665. The van der Waals surface area contributed by atoms with Crippen molar-refractivity contribution in [1.29, 1.82) is 0 Å². The molecule has 0 unspecified atom stereocenters. The maximum Gasteiger partial charge on any atom is 0.119 e. The molecule has 0 radical (unpaired) electrons. The topological polar surface area (TPSA) is 21.7 Å². The molecule has 0 saturated carbocycles. The Labute approximate surface area is 151 Å². The Morgan fingerprint density at radius 3 is 2.28 bits per heavy atom. The van der Waals surface area contributed by atoms with E-state index in [2.05, 4.69) is 35.2 Å². The van der Waals surface area contributed by atoms with Gasteiger partial charge >= 0.3 is 0 Å². The highest BCUT2D eigenvalue weighted by Crippen LogP contribution is 2.22. The molecule has 1 aliphatic heterocycles. The lowest BCUT2D eigenvalue weighted by Crippen LogP contribution is -2.35. The van der Waals surface area contributed by atoms with Gasteiger partial charge in [0, 0.05) is 6.54 Å². The Balaban J connectivity index is 1.30. The molecule has 25 heavy (non-hydrogen) atoms. The minimum atomic E-state index is 0.774. The summed E-state index contributed by atoms with van der Waals surface area (Å²) in [5.41, 5.74) is 1.48. The first kappa shape index (κ1) is 17.8. The predicted octanol–water partition coefficient (Wildman–Crippen LogP) is 4.42. The van der Waals surface area contributed by atoms with Crippen LogP contribution < -0.4 is 9.47 Å². The largest absolute Gasteiger partial charge is 0.497 e. The van der Waals surface area contributed by atoms with Crippen molar-refractivity contribution in [2.45, 2.75) is 25.7 Å². The van der Waals surface area contributed by atoms with Gasteiger partial charge < -0.3 is 14.4 Å². The van der Waals surface area contributed by atoms with Gasteiger partial charge in [-0.1, -0.05) is 30.3 Å². The number of hydrogen-bond acceptors (Lipinski definition) is 3. The highest BCUT2D eigenvalue weighted by molar-refractivity contribution is 5.31. The molecular formula is C22H29NO2. The normalized spacial score (nSPS) is 15.9. The summed E-state index contributed by atoms with van der Waals surface area (Å²) in [6.07, 6.45) is 4.94. The zero-order valence-corrected chi connectivity index (χ0v) is 15.2. The number of ether oxygens (including phenoxy) is 2. The Kier molecular flexibility index (Phi) is 6.75. The number of likely N-dealkylation sites (tertiary alicyclic amines) is 1. The van der Waals surface area contributed by atoms with Crippen molar-refractivity contribution in [2.24, 2.45) is 5.92 Å². The Morgan fingerprint density at radius 1 is 0.920 bits per heavy atom. The van der Waals surface area contributed by atoms with Crippen LogP contribution >= 0.6 is 0 Å². The van der Waals surface area contributed by atoms with Gasteiger partial charge in [-0.25, -0.2) is 0 Å². The van der Waals surface area contributed by atoms with Gasteiger partial charge in [0.05, 0.1) is 13.7 Å². The number of rotatable bonds is 8. The average molecular weight is 339 g/mol. The van der Waals surface area contributed by atoms with Crippen LogP contribution in [0.15, 0.2) is 54.6 Å². The fraction of sp³-hybridized carbons (Fsp3) is 0.455. The molecule has 0 atom stereocenters. The summed E-state index contributed by atoms with van der Waals surface area (Å²) in [6, 6.07) is 18.7. The Bertz CT molecular complexity index is 604. The van der Waals surface area contributed by atoms with Gasteiger partial charge in [-0.05, 0) is 74.5 Å². The lowest BCUT2D eigenvalue weighted by molar-refractivity contribution is 0.170. The van der Waals surface area contributed by atoms with E-state index in [1.165, 1.54) is 37.9 Å². The van der Waals surface area contributed by atoms with E-state index in [4.69, 9.17) is 9.47 Å². The van der Waals surface area contributed by atoms with Crippen molar-refractivity contribution < 1.29 is 9.47 Å². The van der Waals surface area contributed by atoms with Crippen LogP contribution in [0.4, 0.5) is 0 Å². The minimum Gasteiger partial charge on any atom is -0.497 e. The van der Waals surface area contributed by atoms with Gasteiger partial charge in [0.25, 0.3) is 0 Å². The molecule has 1 heterocycles. The molecule has 3 heteroatoms. The lowest BCUT2D eigenvalue weighted by Gasteiger charge is -2.32. The summed E-state index contributed by atoms with van der Waals surface area (Å²) < 4.78 is 11.0. The van der Waals surface area contributed by atoms with E-state index in [9.17, 15) is 0 Å². The number of methoxy groups -OCH3 is 1. The summed E-state index contributed by atoms with van der Waals surface area (Å²) in [5.74, 6) is 2.63. The summed E-state index contributed by atoms with van der Waals surface area (Å²) >= 11 is 0. The van der Waals surface area contributed by atoms with Crippen molar-refractivity contribution in [3.05, 3.63) is 60.2 Å². The first-order valence-electron chi connectivity index (χ1n) is 9.36. The third-order valence-electron chi connectivity index (χ3n) is 5.02. The van der Waals surface area contributed by atoms with Crippen molar-refractivity contribution in [1.82, 2.24) is 4.90 Å². The summed E-state index contributed by atoms with van der Waals surface area (Å²) in [4.78, 5) is 2.58. The van der Waals surface area contributed by atoms with E-state index in [0.717, 1.165) is 37.0 Å². The molecule has 1 aliphatic rings. The highest BCUT2D eigenvalue weighted by Gasteiger charge is 2.18. The monoisotopic (exact) mass is 339 g/mol. The van der Waals surface area contributed by atoms with Gasteiger partial charge in [0.15, 0.2) is 0 Å². The van der Waals surface area contributed by atoms with Crippen LogP contribution in [-0.2, 0) is 6.42 Å². The average Bonchev–Trinajstić information content (AvgIpc) is 2.68. The van der Waals surface area contributed by atoms with Crippen LogP contribution in [0.5, 0.6) is 11.5 Å². The molecule has 0 bridgehead atoms. The molecule has 0 N–H and O–H groups in total. The van der Waals surface area contributed by atoms with E-state index < -0.39 is 0 Å². The van der Waals surface area contributed by atoms with Gasteiger partial charge in [-0.3, -0.25) is 0 Å². The van der Waals surface area contributed by atoms with Gasteiger partial charge in [0.2, 0.25) is 0 Å². The lowest BCUT2D eigenvalue weighted by atomic mass is 9.90. The van der Waals surface area contributed by atoms with Crippen LogP contribution in [-0.4, -0.2) is 38.3 Å². The maximum absolute atomic E-state index is 5.81. The first-order valence-corrected chi connectivity index (χ1v) is 9.36. The zero-order chi connectivity index (χ0) is 17.3. The molecule has 2 aromatic rings. The van der Waals surface area contributed by atoms with E-state index in [1.54, 1.807) is 7.11 Å². The third-order valence-corrected chi connectivity index (χ3v) is 5.02. The highest BCUT2D eigenvalue weighted by atomic mass is 16.5. The van der Waals surface area contributed by atoms with Crippen molar-refractivity contribution in [3.63, 3.8) is 0 Å². The van der Waals surface area contributed by atoms with Crippen molar-refractivity contribution in [2.75, 3.05) is 33.4 Å². The summed E-state index contributed by atoms with van der Waals surface area (Å²) in [7, 11) is 1.68. The fourth-order valence-electron chi connectivity index (χ4n) is 3.51. The molecule has 0 spiro atoms. The standard InChI is InChI=1S/C22H29NO2/c1-24-21-8-10-22(11-9-21)25-17-5-14-23-15-12-20(13-16-23)18-19-6-3-2-4-7-19/h2-4,6-11,20H,5,12-18H2,1H3. The molecule has 0 aliphatic carbocycles. The molecule has 2 aromatic carbocycles. The Morgan fingerprint density at radius 2 is 1.60 bits per heavy atom. The summed E-state index contributed by atoms with van der Waals surface area (Å²) in [5, 5.41) is 0. The van der Waals surface area contributed by atoms with Crippen molar-refractivity contribution in [3.8, 4) is 11.5 Å². The number of nitrogens with zero attached hydrogens (tertiary/aromatic N) is 1. The number of benzene rings is 2. The SMILES string of the molecule is COc1ccc(OCCCN2CCC(Cc3ccccc3)CC2)cc1. The first-order chi connectivity index (χ1) is 12.3. The third kappa shape index (κ3) is 5.79. The number of piperidine rings is 1. The Hall–Kier alpha value is -2.00. The maximum atomic E-state index is 5.81. The van der Waals surface area contributed by atoms with E-state index in [0.29, 0.717) is 0 Å². The molecule has 3 rings (SSSR count). The second-order valence-corrected chi connectivity index (χ2v) is 6.85. The van der Waals surface area contributed by atoms with E-state index >= 15 is 0 Å². The van der Waals surface area contributed by atoms with E-state index in [1.807, 2.05) is 24.3 Å². The van der Waals surface area contributed by atoms with E-state index in [-0.39, 0.29) is 0 Å². The van der Waals surface area contributed by atoms with Crippen LogP contribution in [0, 0.1) is 5.92 Å². The van der Waals surface area contributed by atoms with Crippen LogP contribution in [0.25, 0.3) is 0 Å². The van der Waals surface area contributed by atoms with Crippen LogP contribution in [0.1, 0.15) is 24.8 Å². The molecule has 134 valence electrons. The molecule has 3 nitrogen and oxygen atoms in total. The molecule has 1 fully saturated rings. The molecular weight excluding hydrogens is 310 g/mol. The predicted molar refractivity (Wildman–Crippen MR) is 102 cm³/mol. The fourth-order valence-corrected chi connectivity index (χ4v) is 3.51. The molecule has 0 aromatic heterocycles. The van der Waals surface area contributed by atoms with Crippen molar-refractivity contribution >= 4 is 0 Å². The van der Waals surface area contributed by atoms with Gasteiger partial charge in [0.1, 0.15) is 11.5 Å². The van der Waals surface area contributed by atoms with Gasteiger partial charge in [-0.15, -0.1) is 0 Å². The second-order valence-electron chi connectivity index (χ2n) is 6.85. The summed E-state index contributed by atoms with van der Waals surface area (Å²) in [6.45, 7) is 4.35. The minimum absolute atomic E-state index is 0.774. The molecule has 1 saturated heterocycles. The van der Waals surface area contributed by atoms with Gasteiger partial charge in [-0.2, -0.15) is 0 Å². The van der Waals surface area contributed by atoms with Crippen LogP contribution in [0.2, 0.25) is 0 Å². The smallest absolute Gasteiger partial charge is 0.119 e. The van der Waals surface area contributed by atoms with Crippen LogP contribution in [0.3, 0.4) is 0 Å². The number of hydrogen-bond donors (Lipinski definition) is 0. The molecule has 0 amide bonds.